The number of hydrogen-bond donors (Lipinski definition) is 1. The lowest BCUT2D eigenvalue weighted by Gasteiger charge is -2.22. The summed E-state index contributed by atoms with van der Waals surface area (Å²) in [5, 5.41) is 7.41. The highest BCUT2D eigenvalue weighted by Gasteiger charge is 2.42. The summed E-state index contributed by atoms with van der Waals surface area (Å²) in [6.07, 6.45) is 5.30. The highest BCUT2D eigenvalue weighted by atomic mass is 19.1. The molecule has 0 bridgehead atoms. The van der Waals surface area contributed by atoms with Gasteiger partial charge in [0.2, 0.25) is 0 Å². The second-order valence-electron chi connectivity index (χ2n) is 7.55. The van der Waals surface area contributed by atoms with Crippen molar-refractivity contribution in [1.82, 2.24) is 14.7 Å². The van der Waals surface area contributed by atoms with E-state index in [1.807, 2.05) is 11.0 Å². The van der Waals surface area contributed by atoms with Crippen LogP contribution in [0.25, 0.3) is 5.69 Å². The highest BCUT2D eigenvalue weighted by Crippen LogP contribution is 2.38. The van der Waals surface area contributed by atoms with E-state index in [2.05, 4.69) is 17.3 Å². The normalized spacial score (nSPS) is 21.9. The van der Waals surface area contributed by atoms with Crippen molar-refractivity contribution < 1.29 is 13.9 Å². The van der Waals surface area contributed by atoms with Crippen molar-refractivity contribution in [3.05, 3.63) is 42.0 Å². The Balaban J connectivity index is 1.52. The van der Waals surface area contributed by atoms with Crippen LogP contribution >= 0.6 is 0 Å². The molecule has 1 aromatic heterocycles. The van der Waals surface area contributed by atoms with Crippen LogP contribution in [-0.4, -0.2) is 47.0 Å². The summed E-state index contributed by atoms with van der Waals surface area (Å²) in [4.78, 5) is 14.7. The average molecular weight is 372 g/mol. The predicted molar refractivity (Wildman–Crippen MR) is 101 cm³/mol. The van der Waals surface area contributed by atoms with Crippen LogP contribution in [0.15, 0.2) is 30.5 Å². The lowest BCUT2D eigenvalue weighted by Crippen LogP contribution is -2.35. The Hall–Kier alpha value is -2.41. The third kappa shape index (κ3) is 3.56. The standard InChI is InChI=1S/C20H25FN4O2/c1-2-4-18-17(12-22-25(18)16-6-3-5-15(21)11-16)23-19(26)24-9-7-20(13-24)8-10-27-14-20/h3,5-6,11-12H,2,4,7-10,13-14H2,1H3,(H,23,26)/t20-/m0/s1. The van der Waals surface area contributed by atoms with Gasteiger partial charge in [-0.25, -0.2) is 13.9 Å². The maximum absolute atomic E-state index is 13.6. The molecule has 2 aromatic rings. The molecule has 27 heavy (non-hydrogen) atoms. The van der Waals surface area contributed by atoms with Crippen molar-refractivity contribution in [3.8, 4) is 5.69 Å². The first-order valence-electron chi connectivity index (χ1n) is 9.57. The molecule has 1 atom stereocenters. The number of carbonyl (C=O) groups excluding carboxylic acids is 1. The van der Waals surface area contributed by atoms with Gasteiger partial charge in [-0.2, -0.15) is 5.10 Å². The van der Waals surface area contributed by atoms with Gasteiger partial charge >= 0.3 is 6.03 Å². The molecule has 0 radical (unpaired) electrons. The molecule has 2 aliphatic heterocycles. The first-order valence-corrected chi connectivity index (χ1v) is 9.57. The Morgan fingerprint density at radius 3 is 3.04 bits per heavy atom. The van der Waals surface area contributed by atoms with Crippen LogP contribution in [0.2, 0.25) is 0 Å². The third-order valence-corrected chi connectivity index (χ3v) is 5.56. The number of nitrogens with zero attached hydrogens (tertiary/aromatic N) is 3. The van der Waals surface area contributed by atoms with Crippen molar-refractivity contribution in [3.63, 3.8) is 0 Å². The summed E-state index contributed by atoms with van der Waals surface area (Å²) in [5.74, 6) is -0.308. The number of benzene rings is 1. The average Bonchev–Trinajstić information content (AvgIpc) is 3.38. The summed E-state index contributed by atoms with van der Waals surface area (Å²) >= 11 is 0. The number of amides is 2. The smallest absolute Gasteiger partial charge is 0.321 e. The molecule has 2 saturated heterocycles. The largest absolute Gasteiger partial charge is 0.381 e. The number of rotatable bonds is 4. The third-order valence-electron chi connectivity index (χ3n) is 5.56. The van der Waals surface area contributed by atoms with Crippen LogP contribution in [0.5, 0.6) is 0 Å². The first kappa shape index (κ1) is 18.0. The molecule has 1 spiro atoms. The number of aromatic nitrogens is 2. The summed E-state index contributed by atoms with van der Waals surface area (Å²) in [5.41, 5.74) is 2.36. The molecule has 2 fully saturated rings. The van der Waals surface area contributed by atoms with Gasteiger partial charge in [-0.3, -0.25) is 0 Å². The Morgan fingerprint density at radius 1 is 1.41 bits per heavy atom. The van der Waals surface area contributed by atoms with Crippen LogP contribution in [0.1, 0.15) is 31.9 Å². The van der Waals surface area contributed by atoms with Crippen LogP contribution in [0, 0.1) is 11.2 Å². The van der Waals surface area contributed by atoms with E-state index in [4.69, 9.17) is 4.74 Å². The van der Waals surface area contributed by atoms with E-state index < -0.39 is 0 Å². The monoisotopic (exact) mass is 372 g/mol. The summed E-state index contributed by atoms with van der Waals surface area (Å²) < 4.78 is 20.9. The van der Waals surface area contributed by atoms with E-state index in [9.17, 15) is 9.18 Å². The molecule has 0 unspecified atom stereocenters. The molecule has 7 heteroatoms. The molecule has 0 aliphatic carbocycles. The molecule has 2 aliphatic rings. The number of nitrogens with one attached hydrogen (secondary N) is 1. The van der Waals surface area contributed by atoms with Crippen molar-refractivity contribution in [1.29, 1.82) is 0 Å². The minimum Gasteiger partial charge on any atom is -0.381 e. The van der Waals surface area contributed by atoms with E-state index in [1.165, 1.54) is 12.1 Å². The molecule has 3 heterocycles. The SMILES string of the molecule is CCCc1c(NC(=O)N2CC[C@]3(CCOC3)C2)cnn1-c1cccc(F)c1. The van der Waals surface area contributed by atoms with Gasteiger partial charge in [-0.05, 0) is 37.5 Å². The molecule has 144 valence electrons. The summed E-state index contributed by atoms with van der Waals surface area (Å²) in [6.45, 7) is 5.08. The van der Waals surface area contributed by atoms with Crippen molar-refractivity contribution in [2.75, 3.05) is 31.6 Å². The molecule has 4 rings (SSSR count). The number of urea groups is 1. The Bertz CT molecular complexity index is 829. The zero-order chi connectivity index (χ0) is 18.9. The minimum absolute atomic E-state index is 0.102. The molecule has 0 saturated carbocycles. The molecule has 1 N–H and O–H groups in total. The first-order chi connectivity index (χ1) is 13.1. The lowest BCUT2D eigenvalue weighted by atomic mass is 9.87. The van der Waals surface area contributed by atoms with Crippen LogP contribution in [-0.2, 0) is 11.2 Å². The van der Waals surface area contributed by atoms with Gasteiger partial charge < -0.3 is 15.0 Å². The Kier molecular flexibility index (Phi) is 4.86. The van der Waals surface area contributed by atoms with E-state index in [0.717, 1.165) is 57.7 Å². The molecular formula is C20H25FN4O2. The molecular weight excluding hydrogens is 347 g/mol. The van der Waals surface area contributed by atoms with Gasteiger partial charge in [0, 0.05) is 25.1 Å². The number of halogens is 1. The highest BCUT2D eigenvalue weighted by molar-refractivity contribution is 5.90. The van der Waals surface area contributed by atoms with Gasteiger partial charge in [0.15, 0.2) is 0 Å². The van der Waals surface area contributed by atoms with Gasteiger partial charge in [0.1, 0.15) is 5.82 Å². The van der Waals surface area contributed by atoms with E-state index in [1.54, 1.807) is 16.9 Å². The van der Waals surface area contributed by atoms with E-state index in [-0.39, 0.29) is 17.3 Å². The van der Waals surface area contributed by atoms with Gasteiger partial charge in [0.05, 0.1) is 29.9 Å². The van der Waals surface area contributed by atoms with Crippen LogP contribution in [0.3, 0.4) is 0 Å². The Labute approximate surface area is 158 Å². The fourth-order valence-corrected chi connectivity index (χ4v) is 4.06. The second-order valence-corrected chi connectivity index (χ2v) is 7.55. The maximum atomic E-state index is 13.6. The zero-order valence-corrected chi connectivity index (χ0v) is 15.6. The second kappa shape index (κ2) is 7.31. The fraction of sp³-hybridized carbons (Fsp3) is 0.500. The van der Waals surface area contributed by atoms with Gasteiger partial charge in [0.25, 0.3) is 0 Å². The lowest BCUT2D eigenvalue weighted by molar-refractivity contribution is 0.154. The van der Waals surface area contributed by atoms with Crippen molar-refractivity contribution in [2.24, 2.45) is 5.41 Å². The number of carbonyl (C=O) groups is 1. The van der Waals surface area contributed by atoms with E-state index >= 15 is 0 Å². The number of hydrogen-bond acceptors (Lipinski definition) is 3. The van der Waals surface area contributed by atoms with Crippen molar-refractivity contribution >= 4 is 11.7 Å². The summed E-state index contributed by atoms with van der Waals surface area (Å²) in [6, 6.07) is 6.22. The number of anilines is 1. The number of likely N-dealkylation sites (tertiary alicyclic amines) is 1. The fourth-order valence-electron chi connectivity index (χ4n) is 4.06. The summed E-state index contributed by atoms with van der Waals surface area (Å²) in [7, 11) is 0. The van der Waals surface area contributed by atoms with Crippen LogP contribution in [0.4, 0.5) is 14.9 Å². The zero-order valence-electron chi connectivity index (χ0n) is 15.6. The topological polar surface area (TPSA) is 59.4 Å². The quantitative estimate of drug-likeness (QED) is 0.892. The maximum Gasteiger partial charge on any atom is 0.321 e. The van der Waals surface area contributed by atoms with E-state index in [0.29, 0.717) is 11.4 Å². The van der Waals surface area contributed by atoms with Gasteiger partial charge in [-0.15, -0.1) is 0 Å². The number of ether oxygens (including phenoxy) is 1. The predicted octanol–water partition coefficient (Wildman–Crippen LogP) is 3.61. The molecule has 6 nitrogen and oxygen atoms in total. The molecule has 2 amide bonds. The molecule has 1 aromatic carbocycles. The van der Waals surface area contributed by atoms with Crippen LogP contribution < -0.4 is 5.32 Å². The van der Waals surface area contributed by atoms with Gasteiger partial charge in [-0.1, -0.05) is 19.4 Å². The van der Waals surface area contributed by atoms with Crippen molar-refractivity contribution in [2.45, 2.75) is 32.6 Å². The Morgan fingerprint density at radius 2 is 2.30 bits per heavy atom. The minimum atomic E-state index is -0.308.